The Morgan fingerprint density at radius 3 is 2.37 bits per heavy atom. The summed E-state index contributed by atoms with van der Waals surface area (Å²) in [4.78, 5) is 0. The van der Waals surface area contributed by atoms with Gasteiger partial charge in [0.05, 0.1) is 6.61 Å². The van der Waals surface area contributed by atoms with Crippen LogP contribution in [-0.4, -0.2) is 18.3 Å². The van der Waals surface area contributed by atoms with Gasteiger partial charge >= 0.3 is 0 Å². The van der Waals surface area contributed by atoms with E-state index in [0.29, 0.717) is 6.54 Å². The van der Waals surface area contributed by atoms with Gasteiger partial charge in [0.2, 0.25) is 0 Å². The largest absolute Gasteiger partial charge is 0.395 e. The lowest BCUT2D eigenvalue weighted by Gasteiger charge is -2.20. The average molecular weight is 276 g/mol. The van der Waals surface area contributed by atoms with Crippen LogP contribution in [-0.2, 0) is 6.42 Å². The molecule has 0 aliphatic heterocycles. The summed E-state index contributed by atoms with van der Waals surface area (Å²) in [7, 11) is 0. The average Bonchev–Trinajstić information content (AvgIpc) is 2.45. The van der Waals surface area contributed by atoms with E-state index in [1.54, 1.807) is 0 Å². The van der Waals surface area contributed by atoms with Crippen LogP contribution in [0, 0.1) is 0 Å². The Hall–Kier alpha value is -1.35. The molecular formula is C16H18ClNO. The lowest BCUT2D eigenvalue weighted by Crippen LogP contribution is -2.26. The van der Waals surface area contributed by atoms with Gasteiger partial charge in [0, 0.05) is 17.6 Å². The molecular weight excluding hydrogens is 258 g/mol. The maximum atomic E-state index is 9.00. The van der Waals surface area contributed by atoms with Crippen molar-refractivity contribution in [2.75, 3.05) is 13.2 Å². The van der Waals surface area contributed by atoms with Crippen LogP contribution < -0.4 is 5.32 Å². The highest BCUT2D eigenvalue weighted by atomic mass is 35.5. The summed E-state index contributed by atoms with van der Waals surface area (Å²) in [6, 6.07) is 18.2. The Morgan fingerprint density at radius 1 is 1.00 bits per heavy atom. The van der Waals surface area contributed by atoms with E-state index in [-0.39, 0.29) is 12.6 Å². The van der Waals surface area contributed by atoms with E-state index in [1.807, 2.05) is 42.5 Å². The molecule has 0 saturated heterocycles. The molecule has 1 atom stereocenters. The number of aliphatic hydroxyl groups excluding tert-OH is 1. The van der Waals surface area contributed by atoms with Crippen LogP contribution in [0.3, 0.4) is 0 Å². The van der Waals surface area contributed by atoms with Crippen molar-refractivity contribution in [3.8, 4) is 0 Å². The molecule has 100 valence electrons. The molecule has 2 aromatic carbocycles. The van der Waals surface area contributed by atoms with Crippen molar-refractivity contribution in [2.24, 2.45) is 0 Å². The first-order valence-electron chi connectivity index (χ1n) is 6.44. The maximum Gasteiger partial charge on any atom is 0.0556 e. The SMILES string of the molecule is OCCN[C@@H](Cc1ccccc1)c1ccccc1Cl. The third kappa shape index (κ3) is 4.06. The van der Waals surface area contributed by atoms with Crippen molar-refractivity contribution in [2.45, 2.75) is 12.5 Å². The second kappa shape index (κ2) is 7.29. The number of halogens is 1. The Balaban J connectivity index is 2.19. The number of nitrogens with one attached hydrogen (secondary N) is 1. The minimum atomic E-state index is 0.114. The molecule has 2 aromatic rings. The van der Waals surface area contributed by atoms with E-state index in [1.165, 1.54) is 5.56 Å². The summed E-state index contributed by atoms with van der Waals surface area (Å²) in [5.41, 5.74) is 2.32. The molecule has 0 heterocycles. The Morgan fingerprint density at radius 2 is 1.68 bits per heavy atom. The first-order valence-corrected chi connectivity index (χ1v) is 6.81. The van der Waals surface area contributed by atoms with Crippen molar-refractivity contribution in [3.05, 3.63) is 70.7 Å². The normalized spacial score (nSPS) is 12.3. The predicted octanol–water partition coefficient (Wildman–Crippen LogP) is 3.21. The fraction of sp³-hybridized carbons (Fsp3) is 0.250. The first-order chi connectivity index (χ1) is 9.31. The van der Waals surface area contributed by atoms with Crippen molar-refractivity contribution in [3.63, 3.8) is 0 Å². The number of benzene rings is 2. The fourth-order valence-electron chi connectivity index (χ4n) is 2.14. The van der Waals surface area contributed by atoms with Gasteiger partial charge in [-0.15, -0.1) is 0 Å². The van der Waals surface area contributed by atoms with Gasteiger partial charge in [0.1, 0.15) is 0 Å². The Labute approximate surface area is 119 Å². The van der Waals surface area contributed by atoms with Gasteiger partial charge in [-0.05, 0) is 23.6 Å². The zero-order valence-corrected chi connectivity index (χ0v) is 11.5. The summed E-state index contributed by atoms with van der Waals surface area (Å²) in [5, 5.41) is 13.1. The molecule has 2 rings (SSSR count). The maximum absolute atomic E-state index is 9.00. The van der Waals surface area contributed by atoms with Crippen LogP contribution in [0.5, 0.6) is 0 Å². The van der Waals surface area contributed by atoms with Gasteiger partial charge in [0.25, 0.3) is 0 Å². The van der Waals surface area contributed by atoms with Crippen molar-refractivity contribution >= 4 is 11.6 Å². The summed E-state index contributed by atoms with van der Waals surface area (Å²) < 4.78 is 0. The van der Waals surface area contributed by atoms with Crippen LogP contribution >= 0.6 is 11.6 Å². The smallest absolute Gasteiger partial charge is 0.0556 e. The van der Waals surface area contributed by atoms with Gasteiger partial charge in [-0.2, -0.15) is 0 Å². The highest BCUT2D eigenvalue weighted by Crippen LogP contribution is 2.25. The molecule has 0 amide bonds. The molecule has 2 nitrogen and oxygen atoms in total. The third-order valence-electron chi connectivity index (χ3n) is 3.07. The molecule has 3 heteroatoms. The molecule has 0 bridgehead atoms. The van der Waals surface area contributed by atoms with Crippen LogP contribution in [0.1, 0.15) is 17.2 Å². The van der Waals surface area contributed by atoms with Crippen molar-refractivity contribution in [1.82, 2.24) is 5.32 Å². The van der Waals surface area contributed by atoms with E-state index in [2.05, 4.69) is 17.4 Å². The Kier molecular flexibility index (Phi) is 5.40. The van der Waals surface area contributed by atoms with Crippen LogP contribution in [0.2, 0.25) is 5.02 Å². The van der Waals surface area contributed by atoms with Crippen LogP contribution in [0.25, 0.3) is 0 Å². The summed E-state index contributed by atoms with van der Waals surface area (Å²) in [6.45, 7) is 0.679. The number of hydrogen-bond donors (Lipinski definition) is 2. The lowest BCUT2D eigenvalue weighted by atomic mass is 9.99. The fourth-order valence-corrected chi connectivity index (χ4v) is 2.41. The van der Waals surface area contributed by atoms with Crippen molar-refractivity contribution in [1.29, 1.82) is 0 Å². The quantitative estimate of drug-likeness (QED) is 0.848. The van der Waals surface area contributed by atoms with Crippen LogP contribution in [0.15, 0.2) is 54.6 Å². The van der Waals surface area contributed by atoms with Crippen LogP contribution in [0.4, 0.5) is 0 Å². The molecule has 0 unspecified atom stereocenters. The summed E-state index contributed by atoms with van der Waals surface area (Å²) >= 11 is 6.26. The standard InChI is InChI=1S/C16H18ClNO/c17-15-9-5-4-8-14(15)16(18-10-11-19)12-13-6-2-1-3-7-13/h1-9,16,18-19H,10-12H2/t16-/m0/s1. The van der Waals surface area contributed by atoms with Gasteiger partial charge in [0.15, 0.2) is 0 Å². The minimum Gasteiger partial charge on any atom is -0.395 e. The number of hydrogen-bond acceptors (Lipinski definition) is 2. The van der Waals surface area contributed by atoms with E-state index >= 15 is 0 Å². The molecule has 0 saturated carbocycles. The molecule has 0 radical (unpaired) electrons. The highest BCUT2D eigenvalue weighted by molar-refractivity contribution is 6.31. The van der Waals surface area contributed by atoms with Crippen molar-refractivity contribution < 1.29 is 5.11 Å². The van der Waals surface area contributed by atoms with Gasteiger partial charge in [-0.1, -0.05) is 60.1 Å². The summed E-state index contributed by atoms with van der Waals surface area (Å²) in [5.74, 6) is 0. The van der Waals surface area contributed by atoms with Gasteiger partial charge in [-0.25, -0.2) is 0 Å². The Bertz CT molecular complexity index is 501. The van der Waals surface area contributed by atoms with E-state index in [0.717, 1.165) is 17.0 Å². The van der Waals surface area contributed by atoms with E-state index in [9.17, 15) is 0 Å². The molecule has 0 spiro atoms. The first kappa shape index (κ1) is 14.1. The number of aliphatic hydroxyl groups is 1. The molecule has 19 heavy (non-hydrogen) atoms. The van der Waals surface area contributed by atoms with E-state index < -0.39 is 0 Å². The van der Waals surface area contributed by atoms with Gasteiger partial charge < -0.3 is 10.4 Å². The molecule has 0 aliphatic rings. The topological polar surface area (TPSA) is 32.3 Å². The highest BCUT2D eigenvalue weighted by Gasteiger charge is 2.14. The zero-order chi connectivity index (χ0) is 13.5. The molecule has 0 aromatic heterocycles. The second-order valence-electron chi connectivity index (χ2n) is 4.44. The molecule has 0 fully saturated rings. The van der Waals surface area contributed by atoms with E-state index in [4.69, 9.17) is 16.7 Å². The van der Waals surface area contributed by atoms with Gasteiger partial charge in [-0.3, -0.25) is 0 Å². The predicted molar refractivity (Wildman–Crippen MR) is 79.4 cm³/mol. The lowest BCUT2D eigenvalue weighted by molar-refractivity contribution is 0.284. The minimum absolute atomic E-state index is 0.114. The molecule has 0 aliphatic carbocycles. The zero-order valence-electron chi connectivity index (χ0n) is 10.7. The summed E-state index contributed by atoms with van der Waals surface area (Å²) in [6.07, 6.45) is 0.852. The molecule has 2 N–H and O–H groups in total. The second-order valence-corrected chi connectivity index (χ2v) is 4.85. The third-order valence-corrected chi connectivity index (χ3v) is 3.41. The number of rotatable bonds is 6. The monoisotopic (exact) mass is 275 g/mol.